The monoisotopic (exact) mass is 481 g/mol. The number of carbonyl (C=O) groups is 2. The zero-order valence-corrected chi connectivity index (χ0v) is 18.2. The number of methoxy groups -OCH3 is 1. The number of hydrogen-bond acceptors (Lipinski definition) is 5. The van der Waals surface area contributed by atoms with Gasteiger partial charge in [0, 0.05) is 29.4 Å². The number of anilines is 1. The van der Waals surface area contributed by atoms with Gasteiger partial charge in [-0.15, -0.1) is 0 Å². The fraction of sp³-hybridized carbons (Fsp3) is 0.0870. The molecule has 0 saturated heterocycles. The van der Waals surface area contributed by atoms with Crippen LogP contribution in [0, 0.1) is 0 Å². The molecule has 0 aromatic heterocycles. The summed E-state index contributed by atoms with van der Waals surface area (Å²) >= 11 is 3.26. The number of phenols is 1. The molecule has 8 heteroatoms. The van der Waals surface area contributed by atoms with Crippen LogP contribution in [-0.2, 0) is 6.42 Å². The van der Waals surface area contributed by atoms with E-state index >= 15 is 0 Å². The Kier molecular flexibility index (Phi) is 7.40. The van der Waals surface area contributed by atoms with Gasteiger partial charge in [0.25, 0.3) is 11.8 Å². The summed E-state index contributed by atoms with van der Waals surface area (Å²) in [7, 11) is 1.47. The smallest absolute Gasteiger partial charge is 0.271 e. The summed E-state index contributed by atoms with van der Waals surface area (Å²) in [5, 5.41) is 16.6. The highest BCUT2D eigenvalue weighted by Crippen LogP contribution is 2.35. The SMILES string of the molecule is COc1cc(C/C=N/NC(=O)c2ccc(NC(=O)c3ccccc3)cc2)cc(Br)c1O. The van der Waals surface area contributed by atoms with Gasteiger partial charge in [-0.05, 0) is 70.0 Å². The van der Waals surface area contributed by atoms with Crippen molar-refractivity contribution in [3.05, 3.63) is 87.9 Å². The Bertz CT molecular complexity index is 1100. The molecular weight excluding hydrogens is 462 g/mol. The minimum absolute atomic E-state index is 0.0277. The van der Waals surface area contributed by atoms with Crippen molar-refractivity contribution in [2.24, 2.45) is 5.10 Å². The lowest BCUT2D eigenvalue weighted by Gasteiger charge is -2.07. The average molecular weight is 482 g/mol. The minimum atomic E-state index is -0.373. The number of nitrogens with zero attached hydrogens (tertiary/aromatic N) is 1. The van der Waals surface area contributed by atoms with E-state index in [0.29, 0.717) is 33.5 Å². The number of hydrazone groups is 1. The first-order valence-electron chi connectivity index (χ1n) is 9.31. The second kappa shape index (κ2) is 10.4. The van der Waals surface area contributed by atoms with Gasteiger partial charge in [0.2, 0.25) is 0 Å². The van der Waals surface area contributed by atoms with Crippen molar-refractivity contribution in [2.45, 2.75) is 6.42 Å². The van der Waals surface area contributed by atoms with Crippen molar-refractivity contribution in [1.82, 2.24) is 5.43 Å². The number of benzene rings is 3. The predicted octanol–water partition coefficient (Wildman–Crippen LogP) is 4.37. The number of aromatic hydroxyl groups is 1. The molecule has 0 radical (unpaired) electrons. The van der Waals surface area contributed by atoms with Crippen LogP contribution in [0.1, 0.15) is 26.3 Å². The predicted molar refractivity (Wildman–Crippen MR) is 123 cm³/mol. The summed E-state index contributed by atoms with van der Waals surface area (Å²) in [4.78, 5) is 24.4. The zero-order valence-electron chi connectivity index (χ0n) is 16.6. The van der Waals surface area contributed by atoms with E-state index in [0.717, 1.165) is 5.56 Å². The van der Waals surface area contributed by atoms with E-state index < -0.39 is 0 Å². The topological polar surface area (TPSA) is 100 Å². The van der Waals surface area contributed by atoms with Gasteiger partial charge in [0.05, 0.1) is 11.6 Å². The zero-order chi connectivity index (χ0) is 22.2. The van der Waals surface area contributed by atoms with E-state index in [-0.39, 0.29) is 17.6 Å². The van der Waals surface area contributed by atoms with Crippen LogP contribution in [0.2, 0.25) is 0 Å². The van der Waals surface area contributed by atoms with Crippen LogP contribution in [0.5, 0.6) is 11.5 Å². The highest BCUT2D eigenvalue weighted by Gasteiger charge is 2.09. The summed E-state index contributed by atoms with van der Waals surface area (Å²) in [6.07, 6.45) is 1.98. The highest BCUT2D eigenvalue weighted by atomic mass is 79.9. The van der Waals surface area contributed by atoms with Crippen molar-refractivity contribution >= 4 is 39.6 Å². The molecule has 0 heterocycles. The molecule has 0 aliphatic rings. The number of halogens is 1. The molecule has 0 atom stereocenters. The second-order valence-corrected chi connectivity index (χ2v) is 7.34. The quantitative estimate of drug-likeness (QED) is 0.344. The third-order valence-electron chi connectivity index (χ3n) is 4.33. The molecule has 0 aliphatic carbocycles. The molecule has 3 N–H and O–H groups in total. The Morgan fingerprint density at radius 1 is 1.03 bits per heavy atom. The van der Waals surface area contributed by atoms with Crippen molar-refractivity contribution in [3.63, 3.8) is 0 Å². The summed E-state index contributed by atoms with van der Waals surface area (Å²) in [6, 6.07) is 18.8. The molecule has 158 valence electrons. The van der Waals surface area contributed by atoms with Crippen molar-refractivity contribution < 1.29 is 19.4 Å². The Morgan fingerprint density at radius 3 is 2.39 bits per heavy atom. The Morgan fingerprint density at radius 2 is 1.71 bits per heavy atom. The Balaban J connectivity index is 1.54. The largest absolute Gasteiger partial charge is 0.503 e. The lowest BCUT2D eigenvalue weighted by molar-refractivity contribution is 0.0954. The first-order valence-corrected chi connectivity index (χ1v) is 10.1. The summed E-state index contributed by atoms with van der Waals surface area (Å²) in [5.74, 6) is -0.220. The molecule has 0 bridgehead atoms. The van der Waals surface area contributed by atoms with Gasteiger partial charge in [0.15, 0.2) is 11.5 Å². The van der Waals surface area contributed by atoms with Crippen molar-refractivity contribution in [1.29, 1.82) is 0 Å². The van der Waals surface area contributed by atoms with Crippen LogP contribution in [0.15, 0.2) is 76.3 Å². The molecule has 0 fully saturated rings. The van der Waals surface area contributed by atoms with Crippen LogP contribution >= 0.6 is 15.9 Å². The normalized spacial score (nSPS) is 10.6. The van der Waals surface area contributed by atoms with E-state index in [1.54, 1.807) is 66.9 Å². The van der Waals surface area contributed by atoms with Crippen LogP contribution in [-0.4, -0.2) is 30.2 Å². The van der Waals surface area contributed by atoms with Gasteiger partial charge >= 0.3 is 0 Å². The molecule has 7 nitrogen and oxygen atoms in total. The van der Waals surface area contributed by atoms with E-state index in [1.807, 2.05) is 6.07 Å². The molecule has 3 aromatic carbocycles. The molecular formula is C23H20BrN3O4. The molecule has 0 unspecified atom stereocenters. The maximum absolute atomic E-state index is 12.2. The van der Waals surface area contributed by atoms with Crippen LogP contribution in [0.3, 0.4) is 0 Å². The summed E-state index contributed by atoms with van der Waals surface area (Å²) in [6.45, 7) is 0. The molecule has 2 amide bonds. The molecule has 31 heavy (non-hydrogen) atoms. The number of amides is 2. The standard InChI is InChI=1S/C23H20BrN3O4/c1-31-20-14-15(13-19(24)21(20)28)11-12-25-27-23(30)17-7-9-18(10-8-17)26-22(29)16-5-3-2-4-6-16/h2-10,12-14,28H,11H2,1H3,(H,26,29)(H,27,30)/b25-12+. The van der Waals surface area contributed by atoms with Crippen molar-refractivity contribution in [2.75, 3.05) is 12.4 Å². The maximum atomic E-state index is 12.2. The van der Waals surface area contributed by atoms with Gasteiger partial charge in [-0.3, -0.25) is 9.59 Å². The van der Waals surface area contributed by atoms with Crippen LogP contribution in [0.25, 0.3) is 0 Å². The third kappa shape index (κ3) is 5.93. The Hall–Kier alpha value is -3.65. The number of phenolic OH excluding ortho intramolecular Hbond substituents is 1. The van der Waals surface area contributed by atoms with Crippen LogP contribution < -0.4 is 15.5 Å². The molecule has 3 aromatic rings. The third-order valence-corrected chi connectivity index (χ3v) is 4.94. The van der Waals surface area contributed by atoms with E-state index in [9.17, 15) is 14.7 Å². The molecule has 0 spiro atoms. The molecule has 3 rings (SSSR count). The highest BCUT2D eigenvalue weighted by molar-refractivity contribution is 9.10. The number of nitrogens with one attached hydrogen (secondary N) is 2. The fourth-order valence-corrected chi connectivity index (χ4v) is 3.21. The first-order chi connectivity index (χ1) is 15.0. The molecule has 0 saturated carbocycles. The minimum Gasteiger partial charge on any atom is -0.503 e. The van der Waals surface area contributed by atoms with Crippen LogP contribution in [0.4, 0.5) is 5.69 Å². The van der Waals surface area contributed by atoms with Gasteiger partial charge in [-0.2, -0.15) is 5.10 Å². The van der Waals surface area contributed by atoms with E-state index in [2.05, 4.69) is 31.8 Å². The van der Waals surface area contributed by atoms with Gasteiger partial charge in [0.1, 0.15) is 0 Å². The Labute approximate surface area is 187 Å². The fourth-order valence-electron chi connectivity index (χ4n) is 2.72. The number of carbonyl (C=O) groups excluding carboxylic acids is 2. The second-order valence-electron chi connectivity index (χ2n) is 6.48. The summed E-state index contributed by atoms with van der Waals surface area (Å²) < 4.78 is 5.62. The number of rotatable bonds is 7. The first kappa shape index (κ1) is 22.0. The summed E-state index contributed by atoms with van der Waals surface area (Å²) in [5.41, 5.74) is 4.85. The average Bonchev–Trinajstić information content (AvgIpc) is 2.79. The molecule has 0 aliphatic heterocycles. The number of hydrogen-bond donors (Lipinski definition) is 3. The van der Waals surface area contributed by atoms with E-state index in [1.165, 1.54) is 7.11 Å². The van der Waals surface area contributed by atoms with Crippen molar-refractivity contribution in [3.8, 4) is 11.5 Å². The lowest BCUT2D eigenvalue weighted by Crippen LogP contribution is -2.18. The van der Waals surface area contributed by atoms with Gasteiger partial charge < -0.3 is 15.2 Å². The number of ether oxygens (including phenoxy) is 1. The maximum Gasteiger partial charge on any atom is 0.271 e. The lowest BCUT2D eigenvalue weighted by atomic mass is 10.1. The van der Waals surface area contributed by atoms with E-state index in [4.69, 9.17) is 4.74 Å². The van der Waals surface area contributed by atoms with Gasteiger partial charge in [-0.25, -0.2) is 5.43 Å². The van der Waals surface area contributed by atoms with Gasteiger partial charge in [-0.1, -0.05) is 18.2 Å².